The second-order valence-electron chi connectivity index (χ2n) is 5.25. The van der Waals surface area contributed by atoms with E-state index in [0.29, 0.717) is 17.3 Å². The smallest absolute Gasteiger partial charge is 0.255 e. The predicted octanol–water partition coefficient (Wildman–Crippen LogP) is 2.80. The molecule has 2 N–H and O–H groups in total. The van der Waals surface area contributed by atoms with Crippen molar-refractivity contribution >= 4 is 27.7 Å². The summed E-state index contributed by atoms with van der Waals surface area (Å²) in [6, 6.07) is 1.79. The summed E-state index contributed by atoms with van der Waals surface area (Å²) >= 11 is 3.34. The van der Waals surface area contributed by atoms with Crippen molar-refractivity contribution in [3.8, 4) is 0 Å². The van der Waals surface area contributed by atoms with E-state index in [1.54, 1.807) is 19.3 Å². The first kappa shape index (κ1) is 13.3. The van der Waals surface area contributed by atoms with Crippen LogP contribution >= 0.6 is 15.9 Å². The second kappa shape index (κ2) is 4.88. The molecule has 1 aliphatic rings. The summed E-state index contributed by atoms with van der Waals surface area (Å²) in [5.41, 5.74) is 0.422. The summed E-state index contributed by atoms with van der Waals surface area (Å²) in [5, 5.41) is 6.04. The zero-order valence-electron chi connectivity index (χ0n) is 10.9. The van der Waals surface area contributed by atoms with Crippen LogP contribution in [0.1, 0.15) is 37.0 Å². The Morgan fingerprint density at radius 3 is 2.72 bits per heavy atom. The summed E-state index contributed by atoms with van der Waals surface area (Å²) in [4.78, 5) is 16.5. The maximum Gasteiger partial charge on any atom is 0.255 e. The lowest BCUT2D eigenvalue weighted by Gasteiger charge is -2.26. The summed E-state index contributed by atoms with van der Waals surface area (Å²) < 4.78 is 0.802. The van der Waals surface area contributed by atoms with Gasteiger partial charge >= 0.3 is 0 Å². The van der Waals surface area contributed by atoms with Crippen LogP contribution in [-0.4, -0.2) is 23.5 Å². The number of nitrogens with zero attached hydrogens (tertiary/aromatic N) is 1. The van der Waals surface area contributed by atoms with Crippen molar-refractivity contribution in [2.45, 2.75) is 32.2 Å². The van der Waals surface area contributed by atoms with Crippen molar-refractivity contribution in [2.24, 2.45) is 5.92 Å². The molecule has 98 valence electrons. The number of nitrogens with one attached hydrogen (secondary N) is 2. The van der Waals surface area contributed by atoms with Crippen molar-refractivity contribution in [1.29, 1.82) is 0 Å². The van der Waals surface area contributed by atoms with E-state index in [1.165, 1.54) is 12.8 Å². The van der Waals surface area contributed by atoms with Crippen molar-refractivity contribution in [3.63, 3.8) is 0 Å². The summed E-state index contributed by atoms with van der Waals surface area (Å²) in [6.45, 7) is 4.15. The fraction of sp³-hybridized carbons (Fsp3) is 0.538. The van der Waals surface area contributed by atoms with Crippen LogP contribution in [-0.2, 0) is 0 Å². The van der Waals surface area contributed by atoms with Gasteiger partial charge in [0.15, 0.2) is 0 Å². The third-order valence-electron chi connectivity index (χ3n) is 3.37. The van der Waals surface area contributed by atoms with Gasteiger partial charge in [-0.25, -0.2) is 4.98 Å². The molecule has 0 unspecified atom stereocenters. The highest BCUT2D eigenvalue weighted by Gasteiger charge is 2.39. The Balaban J connectivity index is 2.20. The van der Waals surface area contributed by atoms with E-state index in [4.69, 9.17) is 0 Å². The number of carbonyl (C=O) groups excluding carboxylic acids is 1. The SMILES string of the molecule is CNc1ncc(Br)cc1C(=O)NC(C)(C)C1CC1. The highest BCUT2D eigenvalue weighted by atomic mass is 79.9. The predicted molar refractivity (Wildman–Crippen MR) is 75.8 cm³/mol. The molecule has 1 fully saturated rings. The molecule has 0 radical (unpaired) electrons. The molecule has 1 aliphatic carbocycles. The molecule has 4 nitrogen and oxygen atoms in total. The molecule has 0 aromatic carbocycles. The van der Waals surface area contributed by atoms with Crippen molar-refractivity contribution in [3.05, 3.63) is 22.3 Å². The third kappa shape index (κ3) is 2.83. The van der Waals surface area contributed by atoms with E-state index >= 15 is 0 Å². The lowest BCUT2D eigenvalue weighted by atomic mass is 9.98. The lowest BCUT2D eigenvalue weighted by molar-refractivity contribution is 0.0904. The molecule has 0 spiro atoms. The van der Waals surface area contributed by atoms with Crippen LogP contribution in [0, 0.1) is 5.92 Å². The van der Waals surface area contributed by atoms with Crippen LogP contribution in [0.3, 0.4) is 0 Å². The van der Waals surface area contributed by atoms with Gasteiger partial charge in [0.2, 0.25) is 0 Å². The Kier molecular flexibility index (Phi) is 3.61. The molecule has 0 aliphatic heterocycles. The molecular weight excluding hydrogens is 294 g/mol. The summed E-state index contributed by atoms with van der Waals surface area (Å²) in [6.07, 6.45) is 4.07. The molecule has 1 amide bonds. The van der Waals surface area contributed by atoms with E-state index in [9.17, 15) is 4.79 Å². The van der Waals surface area contributed by atoms with Gasteiger partial charge in [0.1, 0.15) is 5.82 Å². The second-order valence-corrected chi connectivity index (χ2v) is 6.17. The molecule has 1 aromatic rings. The summed E-state index contributed by atoms with van der Waals surface area (Å²) in [7, 11) is 1.76. The number of aromatic nitrogens is 1. The van der Waals surface area contributed by atoms with Crippen LogP contribution in [0.25, 0.3) is 0 Å². The number of anilines is 1. The van der Waals surface area contributed by atoms with E-state index < -0.39 is 0 Å². The van der Waals surface area contributed by atoms with Crippen LogP contribution in [0.4, 0.5) is 5.82 Å². The van der Waals surface area contributed by atoms with Crippen molar-refractivity contribution in [2.75, 3.05) is 12.4 Å². The van der Waals surface area contributed by atoms with Crippen LogP contribution < -0.4 is 10.6 Å². The Morgan fingerprint density at radius 2 is 2.17 bits per heavy atom. The quantitative estimate of drug-likeness (QED) is 0.899. The number of amides is 1. The zero-order chi connectivity index (χ0) is 13.3. The maximum absolute atomic E-state index is 12.3. The van der Waals surface area contributed by atoms with Gasteiger partial charge in [0.25, 0.3) is 5.91 Å². The molecule has 1 saturated carbocycles. The maximum atomic E-state index is 12.3. The van der Waals surface area contributed by atoms with E-state index in [2.05, 4.69) is 45.4 Å². The topological polar surface area (TPSA) is 54.0 Å². The first-order valence-electron chi connectivity index (χ1n) is 6.10. The summed E-state index contributed by atoms with van der Waals surface area (Å²) in [5.74, 6) is 1.12. The van der Waals surface area contributed by atoms with Gasteiger partial charge in [-0.3, -0.25) is 4.79 Å². The van der Waals surface area contributed by atoms with Gasteiger partial charge in [0.05, 0.1) is 5.56 Å². The molecule has 0 atom stereocenters. The molecule has 2 rings (SSSR count). The molecule has 1 aromatic heterocycles. The average molecular weight is 312 g/mol. The number of rotatable bonds is 4. The van der Waals surface area contributed by atoms with Crippen LogP contribution in [0.5, 0.6) is 0 Å². The first-order chi connectivity index (χ1) is 8.44. The van der Waals surface area contributed by atoms with Gasteiger partial charge in [-0.05, 0) is 54.6 Å². The highest BCUT2D eigenvalue weighted by molar-refractivity contribution is 9.10. The fourth-order valence-corrected chi connectivity index (χ4v) is 2.41. The lowest BCUT2D eigenvalue weighted by Crippen LogP contribution is -2.45. The number of carbonyl (C=O) groups is 1. The number of pyridine rings is 1. The molecule has 0 bridgehead atoms. The first-order valence-corrected chi connectivity index (χ1v) is 6.89. The van der Waals surface area contributed by atoms with Gasteiger partial charge < -0.3 is 10.6 Å². The largest absolute Gasteiger partial charge is 0.372 e. The minimum absolute atomic E-state index is 0.0787. The van der Waals surface area contributed by atoms with Crippen LogP contribution in [0.15, 0.2) is 16.7 Å². The van der Waals surface area contributed by atoms with Crippen molar-refractivity contribution < 1.29 is 4.79 Å². The van der Waals surface area contributed by atoms with Gasteiger partial charge in [0, 0.05) is 23.3 Å². The zero-order valence-corrected chi connectivity index (χ0v) is 12.5. The molecule has 1 heterocycles. The minimum atomic E-state index is -0.148. The molecule has 18 heavy (non-hydrogen) atoms. The fourth-order valence-electron chi connectivity index (χ4n) is 2.08. The highest BCUT2D eigenvalue weighted by Crippen LogP contribution is 2.39. The van der Waals surface area contributed by atoms with Crippen LogP contribution in [0.2, 0.25) is 0 Å². The third-order valence-corrected chi connectivity index (χ3v) is 3.80. The molecular formula is C13H18BrN3O. The monoisotopic (exact) mass is 311 g/mol. The van der Waals surface area contributed by atoms with Crippen molar-refractivity contribution in [1.82, 2.24) is 10.3 Å². The Hall–Kier alpha value is -1.10. The number of halogens is 1. The minimum Gasteiger partial charge on any atom is -0.372 e. The normalized spacial score (nSPS) is 15.3. The Morgan fingerprint density at radius 1 is 1.50 bits per heavy atom. The molecule has 0 saturated heterocycles. The van der Waals surface area contributed by atoms with E-state index in [1.807, 2.05) is 0 Å². The van der Waals surface area contributed by atoms with Gasteiger partial charge in [-0.2, -0.15) is 0 Å². The molecule has 5 heteroatoms. The van der Waals surface area contributed by atoms with E-state index in [0.717, 1.165) is 4.47 Å². The average Bonchev–Trinajstić information content (AvgIpc) is 3.12. The Bertz CT molecular complexity index is 469. The number of hydrogen-bond donors (Lipinski definition) is 2. The standard InChI is InChI=1S/C13H18BrN3O/c1-13(2,8-4-5-8)17-12(18)10-6-9(14)7-16-11(10)15-3/h6-8H,4-5H2,1-3H3,(H,15,16)(H,17,18). The number of hydrogen-bond acceptors (Lipinski definition) is 3. The van der Waals surface area contributed by atoms with Gasteiger partial charge in [-0.1, -0.05) is 0 Å². The Labute approximate surface area is 116 Å². The van der Waals surface area contributed by atoms with E-state index in [-0.39, 0.29) is 11.4 Å². The van der Waals surface area contributed by atoms with Gasteiger partial charge in [-0.15, -0.1) is 0 Å².